The lowest BCUT2D eigenvalue weighted by molar-refractivity contribution is -0.142. The molecule has 1 rings (SSSR count). The molecule has 1 aromatic carbocycles. The molecule has 0 aromatic heterocycles. The molecule has 0 bridgehead atoms. The van der Waals surface area contributed by atoms with Crippen LogP contribution in [0.5, 0.6) is 0 Å². The maximum atomic E-state index is 12.7. The quantitative estimate of drug-likeness (QED) is 0.141. The van der Waals surface area contributed by atoms with Gasteiger partial charge in [0.1, 0.15) is 18.1 Å². The number of carboxylic acid groups (broad SMARTS) is 1. The summed E-state index contributed by atoms with van der Waals surface area (Å²) in [5.41, 5.74) is 17.3. The average Bonchev–Trinajstić information content (AvgIpc) is 2.77. The SMILES string of the molecule is CC(NC(=O)C(CC(N)=O)NC(=O)C(N)Cc1ccccc1)C(=O)NC(CCCCN)C(=O)O. The molecule has 4 unspecified atom stereocenters. The second-order valence-corrected chi connectivity index (χ2v) is 7.94. The highest BCUT2D eigenvalue weighted by molar-refractivity contribution is 5.96. The van der Waals surface area contributed by atoms with Crippen molar-refractivity contribution in [2.24, 2.45) is 17.2 Å². The highest BCUT2D eigenvalue weighted by Crippen LogP contribution is 2.04. The monoisotopic (exact) mass is 478 g/mol. The van der Waals surface area contributed by atoms with E-state index in [2.05, 4.69) is 16.0 Å². The Morgan fingerprint density at radius 1 is 0.912 bits per heavy atom. The number of aliphatic carboxylic acids is 1. The number of benzene rings is 1. The van der Waals surface area contributed by atoms with E-state index >= 15 is 0 Å². The standard InChI is InChI=1S/C22H34N6O6/c1-13(19(30)27-16(22(33)34)9-5-6-10-23)26-21(32)17(12-18(25)29)28-20(31)15(24)11-14-7-3-2-4-8-14/h2-4,7-8,13,15-17H,5-6,9-12,23-24H2,1H3,(H2,25,29)(H,26,32)(H,27,30)(H,28,31)(H,33,34). The minimum absolute atomic E-state index is 0.179. The van der Waals surface area contributed by atoms with Crippen LogP contribution in [0.4, 0.5) is 0 Å². The molecule has 188 valence electrons. The molecule has 0 saturated heterocycles. The summed E-state index contributed by atoms with van der Waals surface area (Å²) in [6.07, 6.45) is 0.980. The Morgan fingerprint density at radius 2 is 1.53 bits per heavy atom. The predicted molar refractivity (Wildman–Crippen MR) is 124 cm³/mol. The molecule has 10 N–H and O–H groups in total. The normalized spacial score (nSPS) is 14.2. The van der Waals surface area contributed by atoms with Crippen LogP contribution in [0.3, 0.4) is 0 Å². The molecular weight excluding hydrogens is 444 g/mol. The molecule has 0 fully saturated rings. The number of carboxylic acids is 1. The zero-order chi connectivity index (χ0) is 25.7. The second kappa shape index (κ2) is 14.6. The summed E-state index contributed by atoms with van der Waals surface area (Å²) < 4.78 is 0. The van der Waals surface area contributed by atoms with Crippen LogP contribution >= 0.6 is 0 Å². The van der Waals surface area contributed by atoms with Gasteiger partial charge in [0.15, 0.2) is 0 Å². The summed E-state index contributed by atoms with van der Waals surface area (Å²) in [4.78, 5) is 60.3. The van der Waals surface area contributed by atoms with E-state index in [9.17, 15) is 29.1 Å². The number of hydrogen-bond acceptors (Lipinski definition) is 7. The van der Waals surface area contributed by atoms with Gasteiger partial charge in [-0.1, -0.05) is 30.3 Å². The molecule has 0 aliphatic rings. The van der Waals surface area contributed by atoms with Crippen molar-refractivity contribution in [3.63, 3.8) is 0 Å². The van der Waals surface area contributed by atoms with Crippen molar-refractivity contribution in [1.29, 1.82) is 0 Å². The molecule has 4 amide bonds. The number of unbranched alkanes of at least 4 members (excludes halogenated alkanes) is 1. The molecule has 12 heteroatoms. The fourth-order valence-electron chi connectivity index (χ4n) is 3.08. The van der Waals surface area contributed by atoms with Gasteiger partial charge in [0.2, 0.25) is 23.6 Å². The van der Waals surface area contributed by atoms with Gasteiger partial charge >= 0.3 is 5.97 Å². The van der Waals surface area contributed by atoms with Crippen molar-refractivity contribution in [1.82, 2.24) is 16.0 Å². The molecule has 0 heterocycles. The van der Waals surface area contributed by atoms with Gasteiger partial charge in [-0.25, -0.2) is 4.79 Å². The van der Waals surface area contributed by atoms with Crippen LogP contribution < -0.4 is 33.2 Å². The third-order valence-corrected chi connectivity index (χ3v) is 4.99. The van der Waals surface area contributed by atoms with Crippen LogP contribution in [0.25, 0.3) is 0 Å². The number of nitrogens with one attached hydrogen (secondary N) is 3. The van der Waals surface area contributed by atoms with E-state index in [0.29, 0.717) is 19.4 Å². The fourth-order valence-corrected chi connectivity index (χ4v) is 3.08. The first kappa shape index (κ1) is 28.5. The van der Waals surface area contributed by atoms with Crippen molar-refractivity contribution in [2.45, 2.75) is 63.2 Å². The van der Waals surface area contributed by atoms with E-state index in [1.807, 2.05) is 6.07 Å². The van der Waals surface area contributed by atoms with Crippen molar-refractivity contribution in [3.8, 4) is 0 Å². The number of rotatable bonds is 15. The first-order valence-electron chi connectivity index (χ1n) is 11.0. The summed E-state index contributed by atoms with van der Waals surface area (Å²) in [6, 6.07) is 4.36. The van der Waals surface area contributed by atoms with E-state index in [1.54, 1.807) is 24.3 Å². The maximum absolute atomic E-state index is 12.7. The third kappa shape index (κ3) is 10.4. The molecule has 0 aliphatic carbocycles. The number of hydrogen-bond donors (Lipinski definition) is 7. The van der Waals surface area contributed by atoms with Crippen LogP contribution in [-0.4, -0.2) is 65.4 Å². The zero-order valence-electron chi connectivity index (χ0n) is 19.2. The van der Waals surface area contributed by atoms with Gasteiger partial charge in [-0.15, -0.1) is 0 Å². The van der Waals surface area contributed by atoms with E-state index in [0.717, 1.165) is 5.56 Å². The van der Waals surface area contributed by atoms with Crippen LogP contribution in [0.2, 0.25) is 0 Å². The highest BCUT2D eigenvalue weighted by atomic mass is 16.4. The summed E-state index contributed by atoms with van der Waals surface area (Å²) >= 11 is 0. The van der Waals surface area contributed by atoms with Gasteiger partial charge in [0, 0.05) is 0 Å². The lowest BCUT2D eigenvalue weighted by Crippen LogP contribution is -2.57. The summed E-state index contributed by atoms with van der Waals surface area (Å²) in [6.45, 7) is 1.74. The summed E-state index contributed by atoms with van der Waals surface area (Å²) in [7, 11) is 0. The predicted octanol–water partition coefficient (Wildman–Crippen LogP) is -1.88. The van der Waals surface area contributed by atoms with Crippen molar-refractivity contribution in [2.75, 3.05) is 6.54 Å². The summed E-state index contributed by atoms with van der Waals surface area (Å²) in [5.74, 6) is -4.31. The maximum Gasteiger partial charge on any atom is 0.326 e. The fraction of sp³-hybridized carbons (Fsp3) is 0.500. The highest BCUT2D eigenvalue weighted by Gasteiger charge is 2.29. The number of carbonyl (C=O) groups is 5. The third-order valence-electron chi connectivity index (χ3n) is 4.99. The Hall–Kier alpha value is -3.51. The van der Waals surface area contributed by atoms with Crippen LogP contribution in [-0.2, 0) is 30.4 Å². The minimum Gasteiger partial charge on any atom is -0.480 e. The first-order chi connectivity index (χ1) is 16.0. The minimum atomic E-state index is -1.36. The molecule has 34 heavy (non-hydrogen) atoms. The zero-order valence-corrected chi connectivity index (χ0v) is 19.2. The number of primary amides is 1. The van der Waals surface area contributed by atoms with Crippen molar-refractivity contribution in [3.05, 3.63) is 35.9 Å². The Morgan fingerprint density at radius 3 is 2.09 bits per heavy atom. The van der Waals surface area contributed by atoms with Crippen LogP contribution in [0.1, 0.15) is 38.2 Å². The lowest BCUT2D eigenvalue weighted by atomic mass is 10.0. The van der Waals surface area contributed by atoms with Gasteiger partial charge in [0.05, 0.1) is 12.5 Å². The average molecular weight is 479 g/mol. The second-order valence-electron chi connectivity index (χ2n) is 7.94. The van der Waals surface area contributed by atoms with Gasteiger partial charge < -0.3 is 38.3 Å². The first-order valence-corrected chi connectivity index (χ1v) is 11.0. The van der Waals surface area contributed by atoms with Crippen LogP contribution in [0, 0.1) is 0 Å². The molecule has 4 atom stereocenters. The van der Waals surface area contributed by atoms with E-state index in [-0.39, 0.29) is 12.8 Å². The molecule has 0 spiro atoms. The molecule has 1 aromatic rings. The van der Waals surface area contributed by atoms with Gasteiger partial charge in [-0.3, -0.25) is 19.2 Å². The number of amides is 4. The topological polar surface area (TPSA) is 220 Å². The van der Waals surface area contributed by atoms with Crippen LogP contribution in [0.15, 0.2) is 30.3 Å². The van der Waals surface area contributed by atoms with E-state index in [4.69, 9.17) is 17.2 Å². The molecule has 0 aliphatic heterocycles. The molecule has 0 radical (unpaired) electrons. The van der Waals surface area contributed by atoms with Gasteiger partial charge in [-0.2, -0.15) is 0 Å². The Bertz CT molecular complexity index is 850. The number of carbonyl (C=O) groups excluding carboxylic acids is 4. The van der Waals surface area contributed by atoms with E-state index in [1.165, 1.54) is 6.92 Å². The number of nitrogens with two attached hydrogens (primary N) is 3. The molecule has 0 saturated carbocycles. The van der Waals surface area contributed by atoms with Gasteiger partial charge in [0.25, 0.3) is 0 Å². The summed E-state index contributed by atoms with van der Waals surface area (Å²) in [5, 5.41) is 16.4. The molecule has 12 nitrogen and oxygen atoms in total. The Kier molecular flexibility index (Phi) is 12.2. The lowest BCUT2D eigenvalue weighted by Gasteiger charge is -2.23. The van der Waals surface area contributed by atoms with E-state index < -0.39 is 60.2 Å². The smallest absolute Gasteiger partial charge is 0.326 e. The van der Waals surface area contributed by atoms with Gasteiger partial charge in [-0.05, 0) is 44.7 Å². The van der Waals surface area contributed by atoms with Crippen molar-refractivity contribution >= 4 is 29.6 Å². The largest absolute Gasteiger partial charge is 0.480 e. The Labute approximate surface area is 198 Å². The Balaban J connectivity index is 2.73. The molecular formula is C22H34N6O6. The van der Waals surface area contributed by atoms with Crippen molar-refractivity contribution < 1.29 is 29.1 Å².